The first-order valence-electron chi connectivity index (χ1n) is 4.06. The second kappa shape index (κ2) is 5.38. The highest BCUT2D eigenvalue weighted by Crippen LogP contribution is 1.86. The van der Waals surface area contributed by atoms with Crippen LogP contribution in [0.1, 0.15) is 11.6 Å². The van der Waals surface area contributed by atoms with Gasteiger partial charge < -0.3 is 20.8 Å². The van der Waals surface area contributed by atoms with Gasteiger partial charge in [-0.05, 0) is 0 Å². The Hall–Kier alpha value is -2.52. The van der Waals surface area contributed by atoms with Crippen LogP contribution in [-0.4, -0.2) is 42.8 Å². The summed E-state index contributed by atoms with van der Waals surface area (Å²) >= 11 is 0. The van der Waals surface area contributed by atoms with Crippen molar-refractivity contribution in [3.8, 4) is 0 Å². The first-order chi connectivity index (χ1) is 7.58. The van der Waals surface area contributed by atoms with Crippen LogP contribution in [0.25, 0.3) is 0 Å². The second-order valence-corrected chi connectivity index (χ2v) is 2.55. The van der Waals surface area contributed by atoms with Gasteiger partial charge >= 0.3 is 12.2 Å². The molecule has 2 amide bonds. The fourth-order valence-electron chi connectivity index (χ4n) is 0.722. The fraction of sp³-hybridized carbons (Fsp3) is 0.333. The lowest BCUT2D eigenvalue weighted by Gasteiger charge is -2.00. The molecule has 4 N–H and O–H groups in total. The molecular weight excluding hydrogens is 220 g/mol. The summed E-state index contributed by atoms with van der Waals surface area (Å²) in [5.41, 5.74) is 0. The summed E-state index contributed by atoms with van der Waals surface area (Å²) in [4.78, 5) is 20.3. The lowest BCUT2D eigenvalue weighted by Crippen LogP contribution is -2.24. The Kier molecular flexibility index (Phi) is 3.89. The van der Waals surface area contributed by atoms with Crippen molar-refractivity contribution in [1.82, 2.24) is 31.0 Å². The van der Waals surface area contributed by atoms with Crippen LogP contribution in [-0.2, 0) is 13.1 Å². The average molecular weight is 228 g/mol. The van der Waals surface area contributed by atoms with Crippen molar-refractivity contribution in [2.75, 3.05) is 0 Å². The van der Waals surface area contributed by atoms with Gasteiger partial charge in [0.1, 0.15) is 0 Å². The lowest BCUT2D eigenvalue weighted by molar-refractivity contribution is 0.192. The monoisotopic (exact) mass is 228 g/mol. The molecule has 86 valence electrons. The Bertz CT molecular complexity index is 342. The van der Waals surface area contributed by atoms with Crippen LogP contribution < -0.4 is 10.6 Å². The standard InChI is InChI=1S/C6H8N6O4/c13-5(14)7-1-3-9-11-4(12-10-3)2-8-6(15)16/h7-8H,1-2H2,(H,13,14)(H,15,16). The number of nitrogens with zero attached hydrogens (tertiary/aromatic N) is 4. The van der Waals surface area contributed by atoms with Crippen LogP contribution in [0.2, 0.25) is 0 Å². The van der Waals surface area contributed by atoms with E-state index in [4.69, 9.17) is 10.2 Å². The van der Waals surface area contributed by atoms with Crippen LogP contribution in [0, 0.1) is 0 Å². The molecule has 10 heteroatoms. The number of nitrogens with one attached hydrogen (secondary N) is 2. The van der Waals surface area contributed by atoms with Crippen molar-refractivity contribution in [2.45, 2.75) is 13.1 Å². The maximum atomic E-state index is 10.1. The van der Waals surface area contributed by atoms with E-state index >= 15 is 0 Å². The molecule has 0 fully saturated rings. The number of aromatic nitrogens is 4. The quantitative estimate of drug-likeness (QED) is 0.501. The van der Waals surface area contributed by atoms with Gasteiger partial charge in [0.05, 0.1) is 13.1 Å². The summed E-state index contributed by atoms with van der Waals surface area (Å²) in [5.74, 6) is 0.197. The number of hydrogen-bond donors (Lipinski definition) is 4. The van der Waals surface area contributed by atoms with Crippen LogP contribution in [0.4, 0.5) is 9.59 Å². The van der Waals surface area contributed by atoms with Gasteiger partial charge in [0.2, 0.25) is 0 Å². The van der Waals surface area contributed by atoms with E-state index in [1.54, 1.807) is 0 Å². The van der Waals surface area contributed by atoms with Gasteiger partial charge in [0.25, 0.3) is 0 Å². The zero-order valence-corrected chi connectivity index (χ0v) is 7.91. The summed E-state index contributed by atoms with van der Waals surface area (Å²) in [7, 11) is 0. The van der Waals surface area contributed by atoms with Gasteiger partial charge in [0, 0.05) is 0 Å². The van der Waals surface area contributed by atoms with E-state index in [0.29, 0.717) is 0 Å². The second-order valence-electron chi connectivity index (χ2n) is 2.55. The molecule has 1 aromatic rings. The van der Waals surface area contributed by atoms with Gasteiger partial charge in [-0.3, -0.25) is 0 Å². The van der Waals surface area contributed by atoms with Crippen LogP contribution in [0.15, 0.2) is 0 Å². The molecule has 0 radical (unpaired) electrons. The zero-order chi connectivity index (χ0) is 12.0. The van der Waals surface area contributed by atoms with E-state index in [1.807, 2.05) is 10.6 Å². The normalized spacial score (nSPS) is 9.50. The third-order valence-corrected chi connectivity index (χ3v) is 1.36. The molecule has 0 unspecified atom stereocenters. The first-order valence-corrected chi connectivity index (χ1v) is 4.06. The Morgan fingerprint density at radius 2 is 1.19 bits per heavy atom. The van der Waals surface area contributed by atoms with E-state index in [0.717, 1.165) is 0 Å². The summed E-state index contributed by atoms with van der Waals surface area (Å²) in [5, 5.41) is 34.8. The highest BCUT2D eigenvalue weighted by atomic mass is 16.4. The van der Waals surface area contributed by atoms with Crippen molar-refractivity contribution >= 4 is 12.2 Å². The number of rotatable bonds is 4. The van der Waals surface area contributed by atoms with E-state index in [-0.39, 0.29) is 24.7 Å². The largest absolute Gasteiger partial charge is 0.465 e. The van der Waals surface area contributed by atoms with Gasteiger partial charge in [0.15, 0.2) is 11.6 Å². The maximum Gasteiger partial charge on any atom is 0.405 e. The molecule has 0 spiro atoms. The number of carboxylic acid groups (broad SMARTS) is 2. The summed E-state index contributed by atoms with van der Waals surface area (Å²) in [6.45, 7) is -0.218. The minimum absolute atomic E-state index is 0.0986. The van der Waals surface area contributed by atoms with Crippen molar-refractivity contribution in [3.05, 3.63) is 11.6 Å². The third-order valence-electron chi connectivity index (χ3n) is 1.36. The minimum Gasteiger partial charge on any atom is -0.465 e. The van der Waals surface area contributed by atoms with Crippen molar-refractivity contribution in [2.24, 2.45) is 0 Å². The molecule has 0 aliphatic heterocycles. The fourth-order valence-corrected chi connectivity index (χ4v) is 0.722. The molecule has 1 aromatic heterocycles. The number of carbonyl (C=O) groups is 2. The Morgan fingerprint density at radius 3 is 1.44 bits per heavy atom. The first kappa shape index (κ1) is 11.6. The summed E-state index contributed by atoms with van der Waals surface area (Å²) in [6.07, 6.45) is -2.42. The van der Waals surface area contributed by atoms with E-state index in [2.05, 4.69) is 20.4 Å². The summed E-state index contributed by atoms with van der Waals surface area (Å²) < 4.78 is 0. The molecule has 0 aliphatic rings. The van der Waals surface area contributed by atoms with E-state index in [1.165, 1.54) is 0 Å². The topological polar surface area (TPSA) is 150 Å². The van der Waals surface area contributed by atoms with Crippen molar-refractivity contribution in [3.63, 3.8) is 0 Å². The lowest BCUT2D eigenvalue weighted by atomic mass is 10.6. The number of amides is 2. The molecule has 0 saturated heterocycles. The zero-order valence-electron chi connectivity index (χ0n) is 7.91. The highest BCUT2D eigenvalue weighted by Gasteiger charge is 2.04. The molecule has 1 heterocycles. The predicted octanol–water partition coefficient (Wildman–Crippen LogP) is -1.20. The molecule has 0 aliphatic carbocycles. The van der Waals surface area contributed by atoms with Gasteiger partial charge in [-0.15, -0.1) is 20.4 Å². The van der Waals surface area contributed by atoms with E-state index < -0.39 is 12.2 Å². The van der Waals surface area contributed by atoms with E-state index in [9.17, 15) is 9.59 Å². The Morgan fingerprint density at radius 1 is 0.875 bits per heavy atom. The average Bonchev–Trinajstić information content (AvgIpc) is 2.25. The predicted molar refractivity (Wildman–Crippen MR) is 47.4 cm³/mol. The van der Waals surface area contributed by atoms with Crippen LogP contribution in [0.3, 0.4) is 0 Å². The van der Waals surface area contributed by atoms with Crippen LogP contribution >= 0.6 is 0 Å². The molecule has 0 saturated carbocycles. The van der Waals surface area contributed by atoms with Crippen LogP contribution in [0.5, 0.6) is 0 Å². The molecule has 0 atom stereocenters. The third kappa shape index (κ3) is 4.13. The van der Waals surface area contributed by atoms with Gasteiger partial charge in [-0.25, -0.2) is 9.59 Å². The highest BCUT2D eigenvalue weighted by molar-refractivity contribution is 5.64. The maximum absolute atomic E-state index is 10.1. The van der Waals surface area contributed by atoms with Crippen molar-refractivity contribution < 1.29 is 19.8 Å². The Balaban J connectivity index is 2.47. The smallest absolute Gasteiger partial charge is 0.405 e. The molecule has 0 aromatic carbocycles. The number of hydrogen-bond acceptors (Lipinski definition) is 6. The molecular formula is C6H8N6O4. The molecule has 1 rings (SSSR count). The molecule has 16 heavy (non-hydrogen) atoms. The van der Waals surface area contributed by atoms with Crippen molar-refractivity contribution in [1.29, 1.82) is 0 Å². The molecule has 0 bridgehead atoms. The minimum atomic E-state index is -1.21. The van der Waals surface area contributed by atoms with Gasteiger partial charge in [-0.1, -0.05) is 0 Å². The Labute approximate surface area is 88.7 Å². The SMILES string of the molecule is O=C(O)NCc1nnc(CNC(=O)O)nn1. The van der Waals surface area contributed by atoms with Gasteiger partial charge in [-0.2, -0.15) is 0 Å². The summed E-state index contributed by atoms with van der Waals surface area (Å²) in [6, 6.07) is 0. The molecule has 10 nitrogen and oxygen atoms in total.